The zero-order chi connectivity index (χ0) is 23.9. The number of ether oxygens (including phenoxy) is 3. The molecule has 8 nitrogen and oxygen atoms in total. The van der Waals surface area contributed by atoms with Crippen LogP contribution in [0.25, 0.3) is 0 Å². The highest BCUT2D eigenvalue weighted by atomic mass is 16.6. The predicted octanol–water partition coefficient (Wildman–Crippen LogP) is 3.08. The van der Waals surface area contributed by atoms with Crippen LogP contribution in [0, 0.1) is 0 Å². The lowest BCUT2D eigenvalue weighted by molar-refractivity contribution is -0.124. The van der Waals surface area contributed by atoms with E-state index in [-0.39, 0.29) is 29.7 Å². The number of hydrogen-bond acceptors (Lipinski definition) is 6. The van der Waals surface area contributed by atoms with E-state index in [1.54, 1.807) is 43.4 Å². The van der Waals surface area contributed by atoms with Gasteiger partial charge in [-0.1, -0.05) is 42.5 Å². The second-order valence-electron chi connectivity index (χ2n) is 7.62. The van der Waals surface area contributed by atoms with Crippen molar-refractivity contribution in [3.8, 4) is 11.5 Å². The molecule has 0 aromatic heterocycles. The van der Waals surface area contributed by atoms with Gasteiger partial charge in [0, 0.05) is 12.7 Å². The quantitative estimate of drug-likeness (QED) is 0.545. The van der Waals surface area contributed by atoms with E-state index >= 15 is 0 Å². The number of anilines is 1. The van der Waals surface area contributed by atoms with Gasteiger partial charge in [0.05, 0.1) is 17.7 Å². The standard InChI is InChI=1S/C26H24N2O6/c1-28(18-9-3-2-4-10-18)25(30)20-11-5-6-12-21(20)26(31)33-17-24(29)27-15-19-16-32-22-13-7-8-14-23(22)34-19/h2-14,19H,15-17H2,1H3,(H,27,29). The van der Waals surface area contributed by atoms with Crippen LogP contribution >= 0.6 is 0 Å². The molecule has 0 saturated heterocycles. The Hall–Kier alpha value is -4.33. The number of carbonyl (C=O) groups excluding carboxylic acids is 3. The molecule has 0 spiro atoms. The predicted molar refractivity (Wildman–Crippen MR) is 125 cm³/mol. The van der Waals surface area contributed by atoms with E-state index in [1.807, 2.05) is 36.4 Å². The molecule has 3 aromatic rings. The third kappa shape index (κ3) is 5.35. The van der Waals surface area contributed by atoms with Crippen LogP contribution in [-0.4, -0.2) is 50.7 Å². The minimum Gasteiger partial charge on any atom is -0.486 e. The molecule has 1 heterocycles. The molecule has 1 unspecified atom stereocenters. The van der Waals surface area contributed by atoms with Crippen molar-refractivity contribution in [1.82, 2.24) is 5.32 Å². The van der Waals surface area contributed by atoms with Crippen LogP contribution in [0.2, 0.25) is 0 Å². The van der Waals surface area contributed by atoms with E-state index in [4.69, 9.17) is 14.2 Å². The van der Waals surface area contributed by atoms with Crippen LogP contribution in [0.3, 0.4) is 0 Å². The van der Waals surface area contributed by atoms with Gasteiger partial charge in [-0.15, -0.1) is 0 Å². The molecule has 8 heteroatoms. The Labute approximate surface area is 197 Å². The summed E-state index contributed by atoms with van der Waals surface area (Å²) in [5.74, 6) is -0.336. The van der Waals surface area contributed by atoms with Gasteiger partial charge in [0.2, 0.25) is 0 Å². The lowest BCUT2D eigenvalue weighted by atomic mass is 10.1. The average Bonchev–Trinajstić information content (AvgIpc) is 2.90. The zero-order valence-electron chi connectivity index (χ0n) is 18.6. The summed E-state index contributed by atoms with van der Waals surface area (Å²) in [6.45, 7) is 0.00318. The SMILES string of the molecule is CN(C(=O)c1ccccc1C(=O)OCC(=O)NCC1COc2ccccc2O1)c1ccccc1. The van der Waals surface area contributed by atoms with E-state index in [1.165, 1.54) is 11.0 Å². The van der Waals surface area contributed by atoms with Gasteiger partial charge in [-0.2, -0.15) is 0 Å². The molecule has 0 saturated carbocycles. The minimum atomic E-state index is -0.758. The maximum Gasteiger partial charge on any atom is 0.339 e. The smallest absolute Gasteiger partial charge is 0.339 e. The number of nitrogens with one attached hydrogen (secondary N) is 1. The summed E-state index contributed by atoms with van der Waals surface area (Å²) in [5.41, 5.74) is 0.959. The number of para-hydroxylation sites is 3. The van der Waals surface area contributed by atoms with Gasteiger partial charge in [0.15, 0.2) is 18.1 Å². The molecule has 1 aliphatic rings. The lowest BCUT2D eigenvalue weighted by Crippen LogP contribution is -2.42. The second-order valence-corrected chi connectivity index (χ2v) is 7.62. The summed E-state index contributed by atoms with van der Waals surface area (Å²) < 4.78 is 16.6. The Bertz CT molecular complexity index is 1180. The average molecular weight is 460 g/mol. The van der Waals surface area contributed by atoms with Crippen molar-refractivity contribution in [3.05, 3.63) is 90.0 Å². The molecule has 1 N–H and O–H groups in total. The first-order valence-corrected chi connectivity index (χ1v) is 10.8. The first kappa shape index (κ1) is 22.8. The van der Waals surface area contributed by atoms with Gasteiger partial charge >= 0.3 is 5.97 Å². The number of fused-ring (bicyclic) bond motifs is 1. The van der Waals surface area contributed by atoms with E-state index < -0.39 is 18.5 Å². The van der Waals surface area contributed by atoms with Gasteiger partial charge in [0.25, 0.3) is 11.8 Å². The zero-order valence-corrected chi connectivity index (χ0v) is 18.6. The maximum atomic E-state index is 13.0. The topological polar surface area (TPSA) is 94.2 Å². The first-order chi connectivity index (χ1) is 16.5. The number of amides is 2. The number of carbonyl (C=O) groups is 3. The van der Waals surface area contributed by atoms with Crippen molar-refractivity contribution in [2.24, 2.45) is 0 Å². The number of hydrogen-bond donors (Lipinski definition) is 1. The lowest BCUT2D eigenvalue weighted by Gasteiger charge is -2.26. The number of benzene rings is 3. The Morgan fingerprint density at radius 2 is 1.56 bits per heavy atom. The summed E-state index contributed by atoms with van der Waals surface area (Å²) in [5, 5.41) is 2.67. The molecular formula is C26H24N2O6. The highest BCUT2D eigenvalue weighted by Gasteiger charge is 2.23. The van der Waals surface area contributed by atoms with E-state index in [0.717, 1.165) is 0 Å². The van der Waals surface area contributed by atoms with Gasteiger partial charge in [0.1, 0.15) is 12.7 Å². The maximum absolute atomic E-state index is 13.0. The Kier molecular flexibility index (Phi) is 7.07. The third-order valence-electron chi connectivity index (χ3n) is 5.25. The summed E-state index contributed by atoms with van der Waals surface area (Å²) >= 11 is 0. The number of esters is 1. The fourth-order valence-corrected chi connectivity index (χ4v) is 3.45. The van der Waals surface area contributed by atoms with Crippen LogP contribution in [0.5, 0.6) is 11.5 Å². The summed E-state index contributed by atoms with van der Waals surface area (Å²) in [6, 6.07) is 22.7. The molecule has 34 heavy (non-hydrogen) atoms. The van der Waals surface area contributed by atoms with Crippen LogP contribution in [0.4, 0.5) is 5.69 Å². The summed E-state index contributed by atoms with van der Waals surface area (Å²) in [7, 11) is 1.63. The summed E-state index contributed by atoms with van der Waals surface area (Å²) in [4.78, 5) is 39.3. The fourth-order valence-electron chi connectivity index (χ4n) is 3.45. The highest BCUT2D eigenvalue weighted by Crippen LogP contribution is 2.30. The molecular weight excluding hydrogens is 436 g/mol. The number of rotatable bonds is 7. The van der Waals surface area contributed by atoms with Crippen molar-refractivity contribution in [2.45, 2.75) is 6.10 Å². The van der Waals surface area contributed by atoms with Crippen LogP contribution in [0.1, 0.15) is 20.7 Å². The largest absolute Gasteiger partial charge is 0.486 e. The normalized spacial score (nSPS) is 14.1. The molecule has 0 radical (unpaired) electrons. The van der Waals surface area contributed by atoms with Gasteiger partial charge in [-0.05, 0) is 36.4 Å². The van der Waals surface area contributed by atoms with Crippen molar-refractivity contribution >= 4 is 23.5 Å². The molecule has 1 aliphatic heterocycles. The third-order valence-corrected chi connectivity index (χ3v) is 5.25. The van der Waals surface area contributed by atoms with E-state index in [2.05, 4.69) is 5.32 Å². The monoisotopic (exact) mass is 460 g/mol. The Morgan fingerprint density at radius 1 is 0.912 bits per heavy atom. The molecule has 4 rings (SSSR count). The second kappa shape index (κ2) is 10.5. The van der Waals surface area contributed by atoms with Crippen LogP contribution in [-0.2, 0) is 9.53 Å². The highest BCUT2D eigenvalue weighted by molar-refractivity contribution is 6.12. The first-order valence-electron chi connectivity index (χ1n) is 10.8. The molecule has 2 amide bonds. The molecule has 0 fully saturated rings. The van der Waals surface area contributed by atoms with E-state index in [9.17, 15) is 14.4 Å². The van der Waals surface area contributed by atoms with E-state index in [0.29, 0.717) is 23.8 Å². The molecule has 1 atom stereocenters. The van der Waals surface area contributed by atoms with Crippen LogP contribution in [0.15, 0.2) is 78.9 Å². The van der Waals surface area contributed by atoms with Crippen molar-refractivity contribution < 1.29 is 28.6 Å². The molecule has 0 aliphatic carbocycles. The minimum absolute atomic E-state index is 0.0868. The van der Waals surface area contributed by atoms with Gasteiger partial charge in [-0.3, -0.25) is 9.59 Å². The number of nitrogens with zero attached hydrogens (tertiary/aromatic N) is 1. The van der Waals surface area contributed by atoms with Gasteiger partial charge in [-0.25, -0.2) is 4.79 Å². The molecule has 174 valence electrons. The summed E-state index contributed by atoms with van der Waals surface area (Å²) in [6.07, 6.45) is -0.360. The van der Waals surface area contributed by atoms with Gasteiger partial charge < -0.3 is 24.4 Å². The molecule has 0 bridgehead atoms. The van der Waals surface area contributed by atoms with Crippen molar-refractivity contribution in [3.63, 3.8) is 0 Å². The Balaban J connectivity index is 1.31. The fraction of sp³-hybridized carbons (Fsp3) is 0.192. The molecule has 3 aromatic carbocycles. The van der Waals surface area contributed by atoms with Crippen molar-refractivity contribution in [2.75, 3.05) is 31.7 Å². The van der Waals surface area contributed by atoms with Crippen molar-refractivity contribution in [1.29, 1.82) is 0 Å². The van der Waals surface area contributed by atoms with Crippen LogP contribution < -0.4 is 19.7 Å². The Morgan fingerprint density at radius 3 is 2.32 bits per heavy atom.